The maximum absolute atomic E-state index is 12.2. The van der Waals surface area contributed by atoms with Crippen molar-refractivity contribution in [2.24, 2.45) is 0 Å². The van der Waals surface area contributed by atoms with Crippen LogP contribution in [-0.4, -0.2) is 18.6 Å². The van der Waals surface area contributed by atoms with Crippen molar-refractivity contribution in [1.82, 2.24) is 10.2 Å². The highest BCUT2D eigenvalue weighted by molar-refractivity contribution is 7.92. The summed E-state index contributed by atoms with van der Waals surface area (Å²) in [5.41, 5.74) is 7.07. The molecular weight excluding hydrogens is 264 g/mol. The van der Waals surface area contributed by atoms with E-state index in [2.05, 4.69) is 14.9 Å². The van der Waals surface area contributed by atoms with E-state index in [1.54, 1.807) is 12.1 Å². The number of nitrogen functional groups attached to an aromatic ring is 1. The molecule has 1 aromatic carbocycles. The van der Waals surface area contributed by atoms with Gasteiger partial charge < -0.3 is 5.73 Å². The van der Waals surface area contributed by atoms with E-state index in [0.29, 0.717) is 5.69 Å². The molecule has 1 aromatic heterocycles. The van der Waals surface area contributed by atoms with Crippen molar-refractivity contribution >= 4 is 21.5 Å². The summed E-state index contributed by atoms with van der Waals surface area (Å²) < 4.78 is 26.9. The number of anilines is 2. The third kappa shape index (κ3) is 2.87. The second-order valence-corrected chi connectivity index (χ2v) is 5.81. The van der Waals surface area contributed by atoms with Crippen LogP contribution in [0.4, 0.5) is 11.5 Å². The number of hydrogen-bond donors (Lipinski definition) is 3. The van der Waals surface area contributed by atoms with E-state index in [1.165, 1.54) is 6.20 Å². The number of rotatable bonds is 5. The topological polar surface area (TPSA) is 101 Å². The van der Waals surface area contributed by atoms with Crippen molar-refractivity contribution < 1.29 is 8.42 Å². The lowest BCUT2D eigenvalue weighted by atomic mass is 10.1. The summed E-state index contributed by atoms with van der Waals surface area (Å²) in [6.45, 7) is 2.04. The number of H-pyrrole nitrogens is 1. The highest BCUT2D eigenvalue weighted by Gasteiger charge is 2.20. The molecule has 6 nitrogen and oxygen atoms in total. The Balaban J connectivity index is 2.34. The molecule has 0 aliphatic heterocycles. The van der Waals surface area contributed by atoms with Crippen LogP contribution in [0.15, 0.2) is 35.4 Å². The Morgan fingerprint density at radius 2 is 2.11 bits per heavy atom. The minimum Gasteiger partial charge on any atom is -0.383 e. The van der Waals surface area contributed by atoms with Crippen LogP contribution in [0, 0.1) is 0 Å². The molecule has 7 heteroatoms. The molecule has 0 saturated carbocycles. The molecule has 0 spiro atoms. The summed E-state index contributed by atoms with van der Waals surface area (Å²) in [7, 11) is -3.71. The molecule has 1 heterocycles. The lowest BCUT2D eigenvalue weighted by Gasteiger charge is -2.11. The van der Waals surface area contributed by atoms with E-state index < -0.39 is 10.0 Å². The largest absolute Gasteiger partial charge is 0.383 e. The summed E-state index contributed by atoms with van der Waals surface area (Å²) in [6, 6.07) is 7.31. The smallest absolute Gasteiger partial charge is 0.267 e. The third-order valence-electron chi connectivity index (χ3n) is 2.70. The first-order chi connectivity index (χ1) is 9.04. The quantitative estimate of drug-likeness (QED) is 0.776. The average molecular weight is 280 g/mol. The Labute approximate surface area is 112 Å². The monoisotopic (exact) mass is 280 g/mol. The molecule has 19 heavy (non-hydrogen) atoms. The molecule has 102 valence electrons. The van der Waals surface area contributed by atoms with Gasteiger partial charge in [0.25, 0.3) is 10.0 Å². The Hall–Kier alpha value is -2.02. The maximum Gasteiger partial charge on any atom is 0.267 e. The average Bonchev–Trinajstić information content (AvgIpc) is 2.79. The lowest BCUT2D eigenvalue weighted by Crippen LogP contribution is -2.15. The summed E-state index contributed by atoms with van der Waals surface area (Å²) >= 11 is 0. The maximum atomic E-state index is 12.2. The van der Waals surface area contributed by atoms with Gasteiger partial charge in [-0.25, -0.2) is 8.42 Å². The van der Waals surface area contributed by atoms with E-state index in [1.807, 2.05) is 19.1 Å². The fraction of sp³-hybridized carbons (Fsp3) is 0.250. The molecule has 0 radical (unpaired) electrons. The predicted molar refractivity (Wildman–Crippen MR) is 74.2 cm³/mol. The molecule has 0 aliphatic carbocycles. The Morgan fingerprint density at radius 3 is 2.74 bits per heavy atom. The molecule has 0 unspecified atom stereocenters. The van der Waals surface area contributed by atoms with Gasteiger partial charge in [-0.3, -0.25) is 9.82 Å². The van der Waals surface area contributed by atoms with Gasteiger partial charge in [0.05, 0.1) is 11.9 Å². The van der Waals surface area contributed by atoms with Crippen molar-refractivity contribution in [1.29, 1.82) is 0 Å². The molecule has 4 N–H and O–H groups in total. The van der Waals surface area contributed by atoms with Gasteiger partial charge in [-0.1, -0.05) is 31.5 Å². The third-order valence-corrected chi connectivity index (χ3v) is 4.10. The number of hydrogen-bond acceptors (Lipinski definition) is 4. The van der Waals surface area contributed by atoms with Gasteiger partial charge in [0.2, 0.25) is 0 Å². The van der Waals surface area contributed by atoms with Crippen molar-refractivity contribution in [3.8, 4) is 0 Å². The van der Waals surface area contributed by atoms with Crippen LogP contribution >= 0.6 is 0 Å². The van der Waals surface area contributed by atoms with Gasteiger partial charge in [-0.15, -0.1) is 0 Å². The molecule has 0 bridgehead atoms. The van der Waals surface area contributed by atoms with E-state index in [0.717, 1.165) is 18.4 Å². The van der Waals surface area contributed by atoms with Gasteiger partial charge in [0.1, 0.15) is 10.7 Å². The number of benzene rings is 1. The number of para-hydroxylation sites is 1. The second-order valence-electron chi connectivity index (χ2n) is 4.16. The van der Waals surface area contributed by atoms with Crippen LogP contribution in [0.2, 0.25) is 0 Å². The second kappa shape index (κ2) is 5.31. The first kappa shape index (κ1) is 13.4. The van der Waals surface area contributed by atoms with Gasteiger partial charge >= 0.3 is 0 Å². The minimum atomic E-state index is -3.71. The highest BCUT2D eigenvalue weighted by atomic mass is 32.2. The zero-order chi connectivity index (χ0) is 13.9. The van der Waals surface area contributed by atoms with E-state index in [9.17, 15) is 8.42 Å². The molecule has 0 fully saturated rings. The Kier molecular flexibility index (Phi) is 3.75. The van der Waals surface area contributed by atoms with Crippen molar-refractivity contribution in [3.05, 3.63) is 36.0 Å². The predicted octanol–water partition coefficient (Wildman–Crippen LogP) is 1.75. The number of nitrogens with two attached hydrogens (primary N) is 1. The molecule has 0 aliphatic rings. The van der Waals surface area contributed by atoms with Crippen molar-refractivity contribution in [3.63, 3.8) is 0 Å². The fourth-order valence-electron chi connectivity index (χ4n) is 1.81. The standard InChI is InChI=1S/C12H16N4O2S/c1-2-5-9-6-3-4-7-10(9)16-19(17,18)11-8-14-15-12(11)13/h3-4,6-8,16H,2,5H2,1H3,(H3,13,14,15). The molecular formula is C12H16N4O2S. The molecule has 0 saturated heterocycles. The Bertz CT molecular complexity index is 664. The van der Waals surface area contributed by atoms with Crippen LogP contribution in [0.1, 0.15) is 18.9 Å². The normalized spacial score (nSPS) is 11.4. The summed E-state index contributed by atoms with van der Waals surface area (Å²) in [6.07, 6.45) is 2.94. The zero-order valence-electron chi connectivity index (χ0n) is 10.6. The minimum absolute atomic E-state index is 0.0282. The molecule has 2 aromatic rings. The number of aromatic nitrogens is 2. The summed E-state index contributed by atoms with van der Waals surface area (Å²) in [5.74, 6) is 0.0282. The van der Waals surface area contributed by atoms with Gasteiger partial charge in [0, 0.05) is 0 Å². The first-order valence-corrected chi connectivity index (χ1v) is 7.42. The van der Waals surface area contributed by atoms with Crippen molar-refractivity contribution in [2.75, 3.05) is 10.5 Å². The van der Waals surface area contributed by atoms with Crippen molar-refractivity contribution in [2.45, 2.75) is 24.7 Å². The van der Waals surface area contributed by atoms with E-state index in [-0.39, 0.29) is 10.7 Å². The summed E-state index contributed by atoms with van der Waals surface area (Å²) in [4.78, 5) is -0.0428. The van der Waals surface area contributed by atoms with Crippen LogP contribution in [-0.2, 0) is 16.4 Å². The van der Waals surface area contributed by atoms with E-state index in [4.69, 9.17) is 5.73 Å². The Morgan fingerprint density at radius 1 is 1.37 bits per heavy atom. The molecule has 0 atom stereocenters. The molecule has 0 amide bonds. The first-order valence-electron chi connectivity index (χ1n) is 5.94. The van der Waals surface area contributed by atoms with Gasteiger partial charge in [-0.2, -0.15) is 5.10 Å². The fourth-order valence-corrected chi connectivity index (χ4v) is 2.93. The van der Waals surface area contributed by atoms with Gasteiger partial charge in [-0.05, 0) is 18.1 Å². The van der Waals surface area contributed by atoms with Crippen LogP contribution < -0.4 is 10.5 Å². The number of aromatic amines is 1. The number of nitrogens with one attached hydrogen (secondary N) is 2. The van der Waals surface area contributed by atoms with Crippen LogP contribution in [0.3, 0.4) is 0 Å². The lowest BCUT2D eigenvalue weighted by molar-refractivity contribution is 0.601. The SMILES string of the molecule is CCCc1ccccc1NS(=O)(=O)c1cn[nH]c1N. The number of aryl methyl sites for hydroxylation is 1. The highest BCUT2D eigenvalue weighted by Crippen LogP contribution is 2.22. The van der Waals surface area contributed by atoms with Gasteiger partial charge in [0.15, 0.2) is 0 Å². The molecule has 2 rings (SSSR count). The zero-order valence-corrected chi connectivity index (χ0v) is 11.4. The number of nitrogens with zero attached hydrogens (tertiary/aromatic N) is 1. The van der Waals surface area contributed by atoms with Crippen LogP contribution in [0.5, 0.6) is 0 Å². The van der Waals surface area contributed by atoms with Crippen LogP contribution in [0.25, 0.3) is 0 Å². The van der Waals surface area contributed by atoms with E-state index >= 15 is 0 Å². The number of sulfonamides is 1. The summed E-state index contributed by atoms with van der Waals surface area (Å²) in [5, 5.41) is 6.03.